The highest BCUT2D eigenvalue weighted by molar-refractivity contribution is 7.20. The van der Waals surface area contributed by atoms with Crippen molar-refractivity contribution in [3.05, 3.63) is 16.3 Å². The first-order valence-corrected chi connectivity index (χ1v) is 11.1. The number of fused-ring (bicyclic) bond motifs is 1. The normalized spacial score (nSPS) is 23.9. The lowest BCUT2D eigenvalue weighted by molar-refractivity contribution is 0.0627. The van der Waals surface area contributed by atoms with Gasteiger partial charge in [0, 0.05) is 26.2 Å². The van der Waals surface area contributed by atoms with E-state index in [2.05, 4.69) is 35.6 Å². The summed E-state index contributed by atoms with van der Waals surface area (Å²) in [5.41, 5.74) is 1.06. The van der Waals surface area contributed by atoms with Gasteiger partial charge in [-0.1, -0.05) is 13.8 Å². The second kappa shape index (κ2) is 7.38. The van der Waals surface area contributed by atoms with Crippen molar-refractivity contribution in [2.24, 2.45) is 11.8 Å². The van der Waals surface area contributed by atoms with Gasteiger partial charge in [-0.25, -0.2) is 9.97 Å². The summed E-state index contributed by atoms with van der Waals surface area (Å²) >= 11 is 1.55. The van der Waals surface area contributed by atoms with Crippen molar-refractivity contribution in [3.63, 3.8) is 0 Å². The number of thiophene rings is 1. The molecule has 4 heterocycles. The van der Waals surface area contributed by atoms with E-state index in [4.69, 9.17) is 4.98 Å². The zero-order valence-electron chi connectivity index (χ0n) is 16.9. The first kappa shape index (κ1) is 18.7. The smallest absolute Gasteiger partial charge is 0.264 e. The third kappa shape index (κ3) is 3.56. The highest BCUT2D eigenvalue weighted by Crippen LogP contribution is 2.37. The number of rotatable bonds is 2. The fraction of sp³-hybridized carbons (Fsp3) is 0.667. The molecule has 0 spiro atoms. The Bertz CT molecular complexity index is 845. The van der Waals surface area contributed by atoms with Crippen LogP contribution in [0.4, 0.5) is 5.82 Å². The molecule has 0 radical (unpaired) electrons. The van der Waals surface area contributed by atoms with E-state index in [1.807, 2.05) is 6.92 Å². The molecule has 6 heteroatoms. The van der Waals surface area contributed by atoms with Crippen molar-refractivity contribution in [2.45, 2.75) is 53.4 Å². The van der Waals surface area contributed by atoms with Crippen LogP contribution in [0, 0.1) is 25.7 Å². The topological polar surface area (TPSA) is 49.3 Å². The molecule has 2 atom stereocenters. The quantitative estimate of drug-likeness (QED) is 0.767. The molecular formula is C21H30N4OS. The van der Waals surface area contributed by atoms with Crippen molar-refractivity contribution < 1.29 is 4.79 Å². The van der Waals surface area contributed by atoms with Crippen LogP contribution in [-0.2, 0) is 0 Å². The summed E-state index contributed by atoms with van der Waals surface area (Å²) in [6.07, 6.45) is 4.92. The maximum atomic E-state index is 13.3. The number of aromatic nitrogens is 2. The molecule has 2 aliphatic heterocycles. The number of anilines is 1. The van der Waals surface area contributed by atoms with Gasteiger partial charge in [0.25, 0.3) is 5.91 Å². The first-order chi connectivity index (χ1) is 12.9. The van der Waals surface area contributed by atoms with Crippen LogP contribution in [0.1, 0.15) is 60.6 Å². The summed E-state index contributed by atoms with van der Waals surface area (Å²) in [5, 5.41) is 1.09. The number of hydrogen-bond acceptors (Lipinski definition) is 5. The summed E-state index contributed by atoms with van der Waals surface area (Å²) < 4.78 is 0. The van der Waals surface area contributed by atoms with Crippen molar-refractivity contribution in [1.29, 1.82) is 0 Å². The van der Waals surface area contributed by atoms with E-state index in [-0.39, 0.29) is 5.91 Å². The molecule has 0 aliphatic carbocycles. The van der Waals surface area contributed by atoms with Crippen molar-refractivity contribution in [1.82, 2.24) is 14.9 Å². The van der Waals surface area contributed by atoms with E-state index < -0.39 is 0 Å². The highest BCUT2D eigenvalue weighted by Gasteiger charge is 2.30. The predicted molar refractivity (Wildman–Crippen MR) is 112 cm³/mol. The minimum absolute atomic E-state index is 0.177. The zero-order valence-corrected chi connectivity index (χ0v) is 17.7. The third-order valence-electron chi connectivity index (χ3n) is 5.89. The van der Waals surface area contributed by atoms with Crippen LogP contribution in [-0.4, -0.2) is 47.0 Å². The molecule has 4 rings (SSSR count). The monoisotopic (exact) mass is 386 g/mol. The van der Waals surface area contributed by atoms with Crippen molar-refractivity contribution >= 4 is 33.3 Å². The molecule has 5 nitrogen and oxygen atoms in total. The average molecular weight is 387 g/mol. The number of hydrogen-bond donors (Lipinski definition) is 0. The van der Waals surface area contributed by atoms with Crippen LogP contribution >= 0.6 is 11.3 Å². The number of carbonyl (C=O) groups excluding carboxylic acids is 1. The number of amides is 1. The van der Waals surface area contributed by atoms with Crippen LogP contribution in [0.15, 0.2) is 0 Å². The Kier molecular flexibility index (Phi) is 5.10. The van der Waals surface area contributed by atoms with Crippen LogP contribution in [0.3, 0.4) is 0 Å². The summed E-state index contributed by atoms with van der Waals surface area (Å²) in [7, 11) is 0. The summed E-state index contributed by atoms with van der Waals surface area (Å²) in [5.74, 6) is 3.14. The molecule has 0 bridgehead atoms. The van der Waals surface area contributed by atoms with Gasteiger partial charge in [0.05, 0.1) is 10.3 Å². The Labute approximate surface area is 165 Å². The maximum Gasteiger partial charge on any atom is 0.264 e. The molecule has 2 aromatic heterocycles. The highest BCUT2D eigenvalue weighted by atomic mass is 32.1. The van der Waals surface area contributed by atoms with Gasteiger partial charge in [0.15, 0.2) is 0 Å². The standard InChI is InChI=1S/C21H30N4OS/c1-13-10-14(2)12-25(11-13)21(26)18-15(3)17-19(24-8-6-5-7-9-24)22-16(4)23-20(17)27-18/h13-14H,5-12H2,1-4H3. The molecule has 0 N–H and O–H groups in total. The number of piperidine rings is 2. The summed E-state index contributed by atoms with van der Waals surface area (Å²) in [6, 6.07) is 0. The van der Waals surface area contributed by atoms with Crippen LogP contribution in [0.2, 0.25) is 0 Å². The van der Waals surface area contributed by atoms with Gasteiger partial charge in [0.2, 0.25) is 0 Å². The van der Waals surface area contributed by atoms with Gasteiger partial charge < -0.3 is 9.80 Å². The Morgan fingerprint density at radius 2 is 1.70 bits per heavy atom. The second-order valence-electron chi connectivity index (χ2n) is 8.53. The molecular weight excluding hydrogens is 356 g/mol. The average Bonchev–Trinajstić information content (AvgIpc) is 2.96. The summed E-state index contributed by atoms with van der Waals surface area (Å²) in [4.78, 5) is 29.1. The number of carbonyl (C=O) groups is 1. The lowest BCUT2D eigenvalue weighted by atomic mass is 9.92. The summed E-state index contributed by atoms with van der Waals surface area (Å²) in [6.45, 7) is 12.3. The number of nitrogens with zero attached hydrogens (tertiary/aromatic N) is 4. The minimum Gasteiger partial charge on any atom is -0.356 e. The van der Waals surface area contributed by atoms with Gasteiger partial charge in [-0.2, -0.15) is 0 Å². The molecule has 2 aromatic rings. The van der Waals surface area contributed by atoms with E-state index >= 15 is 0 Å². The Balaban J connectivity index is 1.74. The van der Waals surface area contributed by atoms with E-state index in [1.54, 1.807) is 11.3 Å². The van der Waals surface area contributed by atoms with Gasteiger partial charge >= 0.3 is 0 Å². The Morgan fingerprint density at radius 1 is 1.04 bits per heavy atom. The molecule has 2 saturated heterocycles. The zero-order chi connectivity index (χ0) is 19.1. The second-order valence-corrected chi connectivity index (χ2v) is 9.53. The SMILES string of the molecule is Cc1nc(N2CCCCC2)c2c(C)c(C(=O)N3CC(C)CC(C)C3)sc2n1. The van der Waals surface area contributed by atoms with Crippen molar-refractivity contribution in [2.75, 3.05) is 31.1 Å². The van der Waals surface area contributed by atoms with E-state index in [1.165, 1.54) is 25.7 Å². The van der Waals surface area contributed by atoms with E-state index in [0.29, 0.717) is 11.8 Å². The lowest BCUT2D eigenvalue weighted by Crippen LogP contribution is -2.42. The van der Waals surface area contributed by atoms with E-state index in [0.717, 1.165) is 58.5 Å². The lowest BCUT2D eigenvalue weighted by Gasteiger charge is -2.34. The fourth-order valence-corrected chi connectivity index (χ4v) is 5.92. The third-order valence-corrected chi connectivity index (χ3v) is 7.06. The Morgan fingerprint density at radius 3 is 2.37 bits per heavy atom. The first-order valence-electron chi connectivity index (χ1n) is 10.3. The van der Waals surface area contributed by atoms with Crippen LogP contribution < -0.4 is 4.90 Å². The van der Waals surface area contributed by atoms with E-state index in [9.17, 15) is 4.79 Å². The van der Waals surface area contributed by atoms with Crippen LogP contribution in [0.25, 0.3) is 10.2 Å². The molecule has 27 heavy (non-hydrogen) atoms. The predicted octanol–water partition coefficient (Wildman–Crippen LogP) is 4.42. The number of aryl methyl sites for hydroxylation is 2. The molecule has 2 aliphatic rings. The van der Waals surface area contributed by atoms with Crippen molar-refractivity contribution in [3.8, 4) is 0 Å². The van der Waals surface area contributed by atoms with Crippen LogP contribution in [0.5, 0.6) is 0 Å². The van der Waals surface area contributed by atoms with Gasteiger partial charge in [-0.3, -0.25) is 4.79 Å². The molecule has 2 fully saturated rings. The van der Waals surface area contributed by atoms with Gasteiger partial charge in [-0.15, -0.1) is 11.3 Å². The molecule has 1 amide bonds. The molecule has 0 saturated carbocycles. The van der Waals surface area contributed by atoms with Gasteiger partial charge in [-0.05, 0) is 56.9 Å². The fourth-order valence-electron chi connectivity index (χ4n) is 4.73. The largest absolute Gasteiger partial charge is 0.356 e. The minimum atomic E-state index is 0.177. The Hall–Kier alpha value is -1.69. The molecule has 146 valence electrons. The maximum absolute atomic E-state index is 13.3. The molecule has 2 unspecified atom stereocenters. The number of likely N-dealkylation sites (tertiary alicyclic amines) is 1. The molecule has 0 aromatic carbocycles. The van der Waals surface area contributed by atoms with Gasteiger partial charge in [0.1, 0.15) is 16.5 Å².